The summed E-state index contributed by atoms with van der Waals surface area (Å²) in [6.07, 6.45) is 0.223. The van der Waals surface area contributed by atoms with E-state index in [0.717, 1.165) is 11.3 Å². The van der Waals surface area contributed by atoms with E-state index in [9.17, 15) is 14.9 Å². The lowest BCUT2D eigenvalue weighted by Gasteiger charge is -2.09. The molecule has 0 aromatic heterocycles. The summed E-state index contributed by atoms with van der Waals surface area (Å²) in [6.45, 7) is 2.24. The highest BCUT2D eigenvalue weighted by Crippen LogP contribution is 2.23. The molecule has 0 unspecified atom stereocenters. The number of nitrogens with one attached hydrogen (secondary N) is 2. The highest BCUT2D eigenvalue weighted by atomic mass is 16.6. The third kappa shape index (κ3) is 4.05. The van der Waals surface area contributed by atoms with Crippen molar-refractivity contribution >= 4 is 23.0 Å². The SMILES string of the molecule is Cc1ccccc1NC(=O)CCNc1ccccc1[N+](=O)[O-]. The summed E-state index contributed by atoms with van der Waals surface area (Å²) >= 11 is 0. The van der Waals surface area contributed by atoms with Crippen molar-refractivity contribution in [3.8, 4) is 0 Å². The standard InChI is InChI=1S/C16H17N3O3/c1-12-6-2-3-7-13(12)18-16(20)10-11-17-14-8-4-5-9-15(14)19(21)22/h2-9,17H,10-11H2,1H3,(H,18,20). The predicted octanol–water partition coefficient (Wildman–Crippen LogP) is 3.34. The van der Waals surface area contributed by atoms with Crippen LogP contribution in [0.1, 0.15) is 12.0 Å². The average molecular weight is 299 g/mol. The fourth-order valence-corrected chi connectivity index (χ4v) is 2.02. The minimum absolute atomic E-state index is 0.00168. The number of nitro benzene ring substituents is 1. The van der Waals surface area contributed by atoms with Gasteiger partial charge in [-0.1, -0.05) is 30.3 Å². The number of carbonyl (C=O) groups excluding carboxylic acids is 1. The van der Waals surface area contributed by atoms with Gasteiger partial charge in [-0.05, 0) is 24.6 Å². The third-order valence-corrected chi connectivity index (χ3v) is 3.19. The largest absolute Gasteiger partial charge is 0.379 e. The molecule has 0 bridgehead atoms. The molecule has 2 N–H and O–H groups in total. The van der Waals surface area contributed by atoms with Gasteiger partial charge in [0.05, 0.1) is 4.92 Å². The zero-order valence-electron chi connectivity index (χ0n) is 12.2. The maximum absolute atomic E-state index is 11.9. The van der Waals surface area contributed by atoms with Crippen LogP contribution in [-0.4, -0.2) is 17.4 Å². The predicted molar refractivity (Wildman–Crippen MR) is 86.0 cm³/mol. The Bertz CT molecular complexity index is 686. The van der Waals surface area contributed by atoms with E-state index in [4.69, 9.17) is 0 Å². The van der Waals surface area contributed by atoms with Gasteiger partial charge in [0.25, 0.3) is 5.69 Å². The van der Waals surface area contributed by atoms with E-state index in [0.29, 0.717) is 12.2 Å². The first-order valence-corrected chi connectivity index (χ1v) is 6.90. The van der Waals surface area contributed by atoms with Crippen molar-refractivity contribution < 1.29 is 9.72 Å². The second-order valence-electron chi connectivity index (χ2n) is 4.81. The molecule has 0 aliphatic rings. The number of hydrogen-bond acceptors (Lipinski definition) is 4. The van der Waals surface area contributed by atoms with E-state index in [-0.39, 0.29) is 18.0 Å². The Morgan fingerprint density at radius 2 is 1.73 bits per heavy atom. The number of anilines is 2. The number of benzene rings is 2. The van der Waals surface area contributed by atoms with Crippen molar-refractivity contribution in [3.63, 3.8) is 0 Å². The van der Waals surface area contributed by atoms with Crippen molar-refractivity contribution in [1.82, 2.24) is 0 Å². The lowest BCUT2D eigenvalue weighted by Crippen LogP contribution is -2.17. The van der Waals surface area contributed by atoms with E-state index in [1.807, 2.05) is 31.2 Å². The van der Waals surface area contributed by atoms with Gasteiger partial charge in [0.2, 0.25) is 5.91 Å². The molecule has 2 aromatic carbocycles. The Morgan fingerprint density at radius 3 is 2.41 bits per heavy atom. The molecule has 0 aliphatic heterocycles. The first-order chi connectivity index (χ1) is 10.6. The zero-order chi connectivity index (χ0) is 15.9. The van der Waals surface area contributed by atoms with E-state index >= 15 is 0 Å². The van der Waals surface area contributed by atoms with Gasteiger partial charge in [0, 0.05) is 24.7 Å². The van der Waals surface area contributed by atoms with Crippen molar-refractivity contribution in [2.24, 2.45) is 0 Å². The summed E-state index contributed by atoms with van der Waals surface area (Å²) in [4.78, 5) is 22.3. The summed E-state index contributed by atoms with van der Waals surface area (Å²) < 4.78 is 0. The van der Waals surface area contributed by atoms with E-state index in [1.54, 1.807) is 18.2 Å². The summed E-state index contributed by atoms with van der Waals surface area (Å²) in [5.41, 5.74) is 2.18. The summed E-state index contributed by atoms with van der Waals surface area (Å²) in [6, 6.07) is 13.9. The first kappa shape index (κ1) is 15.5. The van der Waals surface area contributed by atoms with Crippen LogP contribution in [0.15, 0.2) is 48.5 Å². The molecule has 6 nitrogen and oxygen atoms in total. The number of amides is 1. The van der Waals surface area contributed by atoms with Crippen LogP contribution < -0.4 is 10.6 Å². The van der Waals surface area contributed by atoms with Crippen LogP contribution in [0.5, 0.6) is 0 Å². The van der Waals surface area contributed by atoms with Crippen molar-refractivity contribution in [3.05, 3.63) is 64.2 Å². The van der Waals surface area contributed by atoms with E-state index in [2.05, 4.69) is 10.6 Å². The van der Waals surface area contributed by atoms with Crippen molar-refractivity contribution in [1.29, 1.82) is 0 Å². The van der Waals surface area contributed by atoms with Gasteiger partial charge >= 0.3 is 0 Å². The Morgan fingerprint density at radius 1 is 1.09 bits per heavy atom. The summed E-state index contributed by atoms with van der Waals surface area (Å²) in [5, 5.41) is 16.6. The van der Waals surface area contributed by atoms with Crippen molar-refractivity contribution in [2.45, 2.75) is 13.3 Å². The Hall–Kier alpha value is -2.89. The molecule has 114 valence electrons. The maximum Gasteiger partial charge on any atom is 0.292 e. The molecule has 0 fully saturated rings. The smallest absolute Gasteiger partial charge is 0.292 e. The number of para-hydroxylation sites is 3. The molecule has 2 rings (SSSR count). The average Bonchev–Trinajstić information content (AvgIpc) is 2.50. The second-order valence-corrected chi connectivity index (χ2v) is 4.81. The minimum Gasteiger partial charge on any atom is -0.379 e. The molecular weight excluding hydrogens is 282 g/mol. The number of rotatable bonds is 6. The molecule has 0 heterocycles. The first-order valence-electron chi connectivity index (χ1n) is 6.90. The molecule has 2 aromatic rings. The summed E-state index contributed by atoms with van der Waals surface area (Å²) in [7, 11) is 0. The Kier molecular flexibility index (Phi) is 5.08. The molecule has 0 radical (unpaired) electrons. The van der Waals surface area contributed by atoms with Crippen LogP contribution >= 0.6 is 0 Å². The highest BCUT2D eigenvalue weighted by molar-refractivity contribution is 5.91. The number of carbonyl (C=O) groups is 1. The van der Waals surface area contributed by atoms with Gasteiger partial charge < -0.3 is 10.6 Å². The molecule has 0 atom stereocenters. The fraction of sp³-hybridized carbons (Fsp3) is 0.188. The van der Waals surface area contributed by atoms with Crippen LogP contribution in [0, 0.1) is 17.0 Å². The van der Waals surface area contributed by atoms with Crippen LogP contribution in [0.4, 0.5) is 17.1 Å². The zero-order valence-corrected chi connectivity index (χ0v) is 12.2. The number of aryl methyl sites for hydroxylation is 1. The molecule has 6 heteroatoms. The van der Waals surface area contributed by atoms with Gasteiger partial charge in [-0.2, -0.15) is 0 Å². The molecule has 0 spiro atoms. The van der Waals surface area contributed by atoms with Gasteiger partial charge in [0.1, 0.15) is 5.69 Å². The molecule has 0 saturated carbocycles. The summed E-state index contributed by atoms with van der Waals surface area (Å²) in [5.74, 6) is -0.139. The van der Waals surface area contributed by atoms with E-state index < -0.39 is 4.92 Å². The minimum atomic E-state index is -0.449. The molecule has 1 amide bonds. The normalized spacial score (nSPS) is 10.0. The van der Waals surface area contributed by atoms with Crippen LogP contribution in [0.3, 0.4) is 0 Å². The second kappa shape index (κ2) is 7.21. The van der Waals surface area contributed by atoms with E-state index in [1.165, 1.54) is 6.07 Å². The van der Waals surface area contributed by atoms with Crippen LogP contribution in [0.25, 0.3) is 0 Å². The fourth-order valence-electron chi connectivity index (χ4n) is 2.02. The van der Waals surface area contributed by atoms with Gasteiger partial charge in [-0.15, -0.1) is 0 Å². The topological polar surface area (TPSA) is 84.3 Å². The maximum atomic E-state index is 11.9. The Balaban J connectivity index is 1.88. The van der Waals surface area contributed by atoms with Gasteiger partial charge in [-0.25, -0.2) is 0 Å². The molecule has 0 aliphatic carbocycles. The number of hydrogen-bond donors (Lipinski definition) is 2. The van der Waals surface area contributed by atoms with Crippen molar-refractivity contribution in [2.75, 3.05) is 17.2 Å². The highest BCUT2D eigenvalue weighted by Gasteiger charge is 2.12. The molecule has 0 saturated heterocycles. The lowest BCUT2D eigenvalue weighted by molar-refractivity contribution is -0.384. The van der Waals surface area contributed by atoms with Gasteiger partial charge in [0.15, 0.2) is 0 Å². The third-order valence-electron chi connectivity index (χ3n) is 3.19. The number of nitro groups is 1. The van der Waals surface area contributed by atoms with Gasteiger partial charge in [-0.3, -0.25) is 14.9 Å². The van der Waals surface area contributed by atoms with Crippen LogP contribution in [0.2, 0.25) is 0 Å². The number of nitrogens with zero attached hydrogens (tertiary/aromatic N) is 1. The van der Waals surface area contributed by atoms with Crippen LogP contribution in [-0.2, 0) is 4.79 Å². The molecular formula is C16H17N3O3. The Labute approximate surface area is 128 Å². The lowest BCUT2D eigenvalue weighted by atomic mass is 10.2. The monoisotopic (exact) mass is 299 g/mol. The quantitative estimate of drug-likeness (QED) is 0.633. The molecule has 22 heavy (non-hydrogen) atoms.